The summed E-state index contributed by atoms with van der Waals surface area (Å²) in [5, 5.41) is 9.67. The van der Waals surface area contributed by atoms with Crippen molar-refractivity contribution in [3.8, 4) is 17.0 Å². The Hall–Kier alpha value is -3.15. The molecule has 44 heavy (non-hydrogen) atoms. The van der Waals surface area contributed by atoms with Crippen LogP contribution in [0.1, 0.15) is 57.8 Å². The van der Waals surface area contributed by atoms with Gasteiger partial charge in [-0.1, -0.05) is 23.7 Å². The van der Waals surface area contributed by atoms with Crippen molar-refractivity contribution in [1.29, 1.82) is 0 Å². The number of aromatic nitrogens is 1. The maximum atomic E-state index is 15.2. The minimum Gasteiger partial charge on any atom is -0.485 e. The monoisotopic (exact) mass is 629 g/mol. The topological polar surface area (TPSA) is 98.7 Å². The lowest BCUT2D eigenvalue weighted by Gasteiger charge is -2.42. The van der Waals surface area contributed by atoms with Gasteiger partial charge in [-0.3, -0.25) is 9.69 Å². The second kappa shape index (κ2) is 10.7. The first-order chi connectivity index (χ1) is 20.7. The van der Waals surface area contributed by atoms with Crippen molar-refractivity contribution >= 4 is 29.4 Å². The Morgan fingerprint density at radius 3 is 2.64 bits per heavy atom. The van der Waals surface area contributed by atoms with Crippen LogP contribution in [0.5, 0.6) is 5.75 Å². The molecule has 10 nitrogen and oxygen atoms in total. The number of benzene rings is 1. The lowest BCUT2D eigenvalue weighted by atomic mass is 9.98. The molecule has 3 fully saturated rings. The molecule has 6 rings (SSSR count). The van der Waals surface area contributed by atoms with E-state index in [1.54, 1.807) is 23.1 Å². The molecule has 1 spiro atoms. The van der Waals surface area contributed by atoms with Gasteiger partial charge in [0, 0.05) is 49.7 Å². The van der Waals surface area contributed by atoms with Gasteiger partial charge in [0.25, 0.3) is 5.91 Å². The van der Waals surface area contributed by atoms with Crippen molar-refractivity contribution in [2.24, 2.45) is 0 Å². The number of likely N-dealkylation sites (N-methyl/N-ethyl adjacent to an activating group) is 1. The van der Waals surface area contributed by atoms with Crippen molar-refractivity contribution in [3.05, 3.63) is 40.7 Å². The number of halogens is 2. The number of ether oxygens (including phenoxy) is 2. The van der Waals surface area contributed by atoms with Crippen molar-refractivity contribution in [2.75, 3.05) is 51.3 Å². The summed E-state index contributed by atoms with van der Waals surface area (Å²) in [4.78, 5) is 40.3. The molecule has 2 aromatic rings. The Kier molecular flexibility index (Phi) is 7.53. The van der Waals surface area contributed by atoms with Gasteiger partial charge in [0.15, 0.2) is 5.75 Å². The molecular weight excluding hydrogens is 589 g/mol. The van der Waals surface area contributed by atoms with E-state index >= 15 is 4.39 Å². The van der Waals surface area contributed by atoms with Crippen LogP contribution in [-0.4, -0.2) is 112 Å². The standard InChI is InChI=1S/C32H41ClFN5O5/c1-30(2,3)44-29(42)37-11-12-38-28(41)23-26(43-22-16-32(22,38)18-37)24(33)25(20-9-7-8-10-21(20)34)35-27(23)39-17-19(15-31(39,4)5)36(6)13-14-40/h7-10,19,22,40H,11-18H2,1-6H3. The van der Waals surface area contributed by atoms with E-state index in [2.05, 4.69) is 23.6 Å². The summed E-state index contributed by atoms with van der Waals surface area (Å²) in [6.07, 6.45) is 0.456. The number of hydrogen-bond acceptors (Lipinski definition) is 8. The van der Waals surface area contributed by atoms with Crippen molar-refractivity contribution in [1.82, 2.24) is 19.7 Å². The number of anilines is 1. The Labute approximate surface area is 262 Å². The average molecular weight is 630 g/mol. The van der Waals surface area contributed by atoms with Crippen LogP contribution in [0, 0.1) is 5.82 Å². The fourth-order valence-electron chi connectivity index (χ4n) is 6.94. The highest BCUT2D eigenvalue weighted by Gasteiger charge is 2.67. The maximum Gasteiger partial charge on any atom is 0.410 e. The number of fused-ring (bicyclic) bond motifs is 1. The molecule has 0 radical (unpaired) electrons. The molecule has 1 saturated carbocycles. The summed E-state index contributed by atoms with van der Waals surface area (Å²) >= 11 is 7.01. The Bertz CT molecular complexity index is 1500. The molecule has 2 amide bonds. The van der Waals surface area contributed by atoms with Gasteiger partial charge >= 0.3 is 6.09 Å². The SMILES string of the molecule is CN(CCO)C1CN(c2nc(-c3ccccc3F)c(Cl)c3c2C(=O)N2CCN(C(=O)OC(C)(C)C)CC24CC4O3)C(C)(C)C1. The number of aliphatic hydroxyl groups is 1. The molecule has 4 heterocycles. The van der Waals surface area contributed by atoms with Gasteiger partial charge in [-0.15, -0.1) is 0 Å². The average Bonchev–Trinajstić information content (AvgIpc) is 3.52. The van der Waals surface area contributed by atoms with Crippen molar-refractivity contribution in [3.63, 3.8) is 0 Å². The van der Waals surface area contributed by atoms with E-state index in [4.69, 9.17) is 26.1 Å². The Morgan fingerprint density at radius 1 is 1.23 bits per heavy atom. The van der Waals surface area contributed by atoms with Crippen LogP contribution in [0.25, 0.3) is 11.3 Å². The van der Waals surface area contributed by atoms with Crippen LogP contribution in [-0.2, 0) is 4.74 Å². The van der Waals surface area contributed by atoms with Gasteiger partial charge in [-0.2, -0.15) is 0 Å². The number of hydrogen-bond donors (Lipinski definition) is 1. The van der Waals surface area contributed by atoms with Gasteiger partial charge in [-0.05, 0) is 60.2 Å². The van der Waals surface area contributed by atoms with E-state index in [0.717, 1.165) is 6.42 Å². The Balaban J connectivity index is 1.45. The predicted molar refractivity (Wildman–Crippen MR) is 165 cm³/mol. The summed E-state index contributed by atoms with van der Waals surface area (Å²) in [6, 6.07) is 6.37. The first-order valence-electron chi connectivity index (χ1n) is 15.2. The number of carbonyl (C=O) groups excluding carboxylic acids is 2. The summed E-state index contributed by atoms with van der Waals surface area (Å²) in [5.74, 6) is -0.162. The highest BCUT2D eigenvalue weighted by Crippen LogP contribution is 2.55. The third-order valence-electron chi connectivity index (χ3n) is 9.34. The van der Waals surface area contributed by atoms with Gasteiger partial charge in [0.1, 0.15) is 39.5 Å². The number of carbonyl (C=O) groups is 2. The molecule has 12 heteroatoms. The third-order valence-corrected chi connectivity index (χ3v) is 9.69. The zero-order chi connectivity index (χ0) is 31.8. The first kappa shape index (κ1) is 30.9. The fraction of sp³-hybridized carbons (Fsp3) is 0.594. The molecule has 1 aliphatic carbocycles. The number of nitrogens with zero attached hydrogens (tertiary/aromatic N) is 5. The number of piperazine rings is 1. The second-order valence-corrected chi connectivity index (χ2v) is 14.4. The van der Waals surface area contributed by atoms with E-state index in [0.29, 0.717) is 38.4 Å². The number of rotatable bonds is 5. The molecule has 0 bridgehead atoms. The van der Waals surface area contributed by atoms with Crippen LogP contribution in [0.15, 0.2) is 24.3 Å². The molecule has 3 aliphatic heterocycles. The van der Waals surface area contributed by atoms with Gasteiger partial charge in [-0.25, -0.2) is 14.2 Å². The molecule has 238 valence electrons. The summed E-state index contributed by atoms with van der Waals surface area (Å²) < 4.78 is 27.5. The third kappa shape index (κ3) is 5.16. The quantitative estimate of drug-likeness (QED) is 0.519. The van der Waals surface area contributed by atoms with E-state index in [-0.39, 0.29) is 52.7 Å². The largest absolute Gasteiger partial charge is 0.485 e. The second-order valence-electron chi connectivity index (χ2n) is 14.0. The number of pyridine rings is 1. The minimum absolute atomic E-state index is 0.0323. The van der Waals surface area contributed by atoms with Crippen LogP contribution < -0.4 is 9.64 Å². The molecule has 1 aromatic carbocycles. The van der Waals surface area contributed by atoms with E-state index in [1.807, 2.05) is 32.7 Å². The van der Waals surface area contributed by atoms with Gasteiger partial charge < -0.3 is 29.3 Å². The Morgan fingerprint density at radius 2 is 1.95 bits per heavy atom. The predicted octanol–water partition coefficient (Wildman–Crippen LogP) is 4.42. The first-order valence-corrected chi connectivity index (χ1v) is 15.6. The highest BCUT2D eigenvalue weighted by molar-refractivity contribution is 6.35. The maximum absolute atomic E-state index is 15.2. The van der Waals surface area contributed by atoms with E-state index < -0.39 is 34.7 Å². The van der Waals surface area contributed by atoms with Crippen LogP contribution in [0.4, 0.5) is 15.0 Å². The molecule has 2 saturated heterocycles. The molecular formula is C32H41ClFN5O5. The normalized spacial score (nSPS) is 25.7. The fourth-order valence-corrected chi connectivity index (χ4v) is 7.23. The van der Waals surface area contributed by atoms with Crippen molar-refractivity contribution < 1.29 is 28.6 Å². The zero-order valence-corrected chi connectivity index (χ0v) is 26.9. The minimum atomic E-state index is -0.728. The lowest BCUT2D eigenvalue weighted by Crippen LogP contribution is -2.60. The van der Waals surface area contributed by atoms with E-state index in [1.165, 1.54) is 6.07 Å². The van der Waals surface area contributed by atoms with Crippen LogP contribution in [0.2, 0.25) is 5.02 Å². The smallest absolute Gasteiger partial charge is 0.410 e. The number of aliphatic hydroxyl groups excluding tert-OH is 1. The molecule has 3 atom stereocenters. The van der Waals surface area contributed by atoms with E-state index in [9.17, 15) is 14.7 Å². The summed E-state index contributed by atoms with van der Waals surface area (Å²) in [7, 11) is 1.97. The molecule has 4 aliphatic rings. The summed E-state index contributed by atoms with van der Waals surface area (Å²) in [6.45, 7) is 11.6. The number of amides is 2. The summed E-state index contributed by atoms with van der Waals surface area (Å²) in [5.41, 5.74) is -1.13. The zero-order valence-electron chi connectivity index (χ0n) is 26.2. The van der Waals surface area contributed by atoms with Crippen LogP contribution in [0.3, 0.4) is 0 Å². The van der Waals surface area contributed by atoms with Crippen molar-refractivity contribution in [2.45, 2.75) is 76.3 Å². The van der Waals surface area contributed by atoms with Gasteiger partial charge in [0.05, 0.1) is 18.8 Å². The lowest BCUT2D eigenvalue weighted by molar-refractivity contribution is -0.00309. The van der Waals surface area contributed by atoms with Gasteiger partial charge in [0.2, 0.25) is 0 Å². The molecule has 1 aromatic heterocycles. The molecule has 1 N–H and O–H groups in total. The highest BCUT2D eigenvalue weighted by atomic mass is 35.5. The van der Waals surface area contributed by atoms with Crippen LogP contribution >= 0.6 is 11.6 Å². The molecule has 3 unspecified atom stereocenters.